The maximum atomic E-state index is 6.25. The Labute approximate surface area is 146 Å². The molecule has 0 unspecified atom stereocenters. The average molecular weight is 334 g/mol. The Kier molecular flexibility index (Phi) is 5.62. The minimum Gasteiger partial charge on any atom is -0.399 e. The van der Waals surface area contributed by atoms with Crippen molar-refractivity contribution in [2.24, 2.45) is 0 Å². The summed E-state index contributed by atoms with van der Waals surface area (Å²) in [6.07, 6.45) is 1.79. The highest BCUT2D eigenvalue weighted by Crippen LogP contribution is 2.37. The molecule has 24 heavy (non-hydrogen) atoms. The van der Waals surface area contributed by atoms with Gasteiger partial charge >= 0.3 is 7.12 Å². The van der Waals surface area contributed by atoms with E-state index in [1.165, 1.54) is 0 Å². The molecule has 5 nitrogen and oxygen atoms in total. The van der Waals surface area contributed by atoms with Crippen LogP contribution < -0.4 is 10.4 Å². The van der Waals surface area contributed by atoms with Crippen LogP contribution in [0, 0.1) is 0 Å². The number of hydrogen-bond donors (Lipinski definition) is 0. The highest BCUT2D eigenvalue weighted by atomic mass is 16.7. The summed E-state index contributed by atoms with van der Waals surface area (Å²) in [6, 6.07) is 2.13. The molecule has 134 valence electrons. The lowest BCUT2D eigenvalue weighted by molar-refractivity contribution is 0.00578. The molecule has 1 aromatic rings. The third-order valence-electron chi connectivity index (χ3n) is 5.31. The Morgan fingerprint density at radius 2 is 1.71 bits per heavy atom. The summed E-state index contributed by atoms with van der Waals surface area (Å²) in [5.41, 5.74) is 2.14. The first kappa shape index (κ1) is 19.2. The maximum Gasteiger partial charge on any atom is 0.496 e. The molecule has 1 aromatic heterocycles. The van der Waals surface area contributed by atoms with Crippen molar-refractivity contribution >= 4 is 18.3 Å². The SMILES string of the molecule is CCN(CC)c1cnc([C@H](C)OC)c(B2OC(C)(C)C(C)(C)O2)c1. The van der Waals surface area contributed by atoms with E-state index >= 15 is 0 Å². The van der Waals surface area contributed by atoms with Gasteiger partial charge in [0.15, 0.2) is 0 Å². The molecule has 2 rings (SSSR count). The molecule has 1 saturated heterocycles. The largest absolute Gasteiger partial charge is 0.496 e. The summed E-state index contributed by atoms with van der Waals surface area (Å²) in [5, 5.41) is 0. The zero-order valence-corrected chi connectivity index (χ0v) is 16.3. The van der Waals surface area contributed by atoms with Crippen LogP contribution in [0.2, 0.25) is 0 Å². The standard InChI is InChI=1S/C18H31BN2O3/c1-9-21(10-2)14-11-15(16(20-12-14)13(3)22-8)19-23-17(4,5)18(6,7)24-19/h11-13H,9-10H2,1-8H3/t13-/m0/s1. The van der Waals surface area contributed by atoms with Gasteiger partial charge in [0.25, 0.3) is 0 Å². The highest BCUT2D eigenvalue weighted by molar-refractivity contribution is 6.62. The van der Waals surface area contributed by atoms with Crippen LogP contribution in [-0.2, 0) is 14.0 Å². The molecule has 1 aliphatic rings. The number of ether oxygens (including phenoxy) is 1. The molecular weight excluding hydrogens is 303 g/mol. The molecule has 0 aromatic carbocycles. The van der Waals surface area contributed by atoms with Crippen LogP contribution in [0.1, 0.15) is 60.3 Å². The van der Waals surface area contributed by atoms with E-state index in [4.69, 9.17) is 14.0 Å². The number of rotatable bonds is 6. The van der Waals surface area contributed by atoms with Crippen LogP contribution in [0.4, 0.5) is 5.69 Å². The second-order valence-corrected chi connectivity index (χ2v) is 7.31. The molecule has 0 spiro atoms. The van der Waals surface area contributed by atoms with Crippen LogP contribution >= 0.6 is 0 Å². The Hall–Kier alpha value is -1.11. The predicted molar refractivity (Wildman–Crippen MR) is 98.9 cm³/mol. The van der Waals surface area contributed by atoms with Gasteiger partial charge < -0.3 is 18.9 Å². The van der Waals surface area contributed by atoms with Gasteiger partial charge in [0.05, 0.1) is 34.9 Å². The first-order chi connectivity index (χ1) is 11.2. The summed E-state index contributed by atoms with van der Waals surface area (Å²) in [6.45, 7) is 16.4. The second kappa shape index (κ2) is 7.02. The van der Waals surface area contributed by atoms with Gasteiger partial charge in [0.1, 0.15) is 0 Å². The van der Waals surface area contributed by atoms with E-state index < -0.39 is 7.12 Å². The third-order valence-corrected chi connectivity index (χ3v) is 5.31. The Balaban J connectivity index is 2.47. The molecule has 0 amide bonds. The highest BCUT2D eigenvalue weighted by Gasteiger charge is 2.52. The molecule has 0 radical (unpaired) electrons. The van der Waals surface area contributed by atoms with E-state index in [1.807, 2.05) is 13.1 Å². The monoisotopic (exact) mass is 334 g/mol. The van der Waals surface area contributed by atoms with Crippen molar-refractivity contribution in [3.05, 3.63) is 18.0 Å². The van der Waals surface area contributed by atoms with E-state index in [-0.39, 0.29) is 17.3 Å². The molecule has 1 aliphatic heterocycles. The van der Waals surface area contributed by atoms with Crippen molar-refractivity contribution in [1.82, 2.24) is 4.98 Å². The number of pyridine rings is 1. The molecule has 1 fully saturated rings. The quantitative estimate of drug-likeness (QED) is 0.749. The van der Waals surface area contributed by atoms with E-state index in [2.05, 4.69) is 57.5 Å². The lowest BCUT2D eigenvalue weighted by Crippen LogP contribution is -2.41. The summed E-state index contributed by atoms with van der Waals surface area (Å²) < 4.78 is 18.0. The molecule has 6 heteroatoms. The molecule has 0 saturated carbocycles. The minimum atomic E-state index is -0.439. The second-order valence-electron chi connectivity index (χ2n) is 7.31. The number of aromatic nitrogens is 1. The fourth-order valence-electron chi connectivity index (χ4n) is 2.85. The topological polar surface area (TPSA) is 43.8 Å². The van der Waals surface area contributed by atoms with E-state index in [1.54, 1.807) is 7.11 Å². The van der Waals surface area contributed by atoms with Gasteiger partial charge in [-0.3, -0.25) is 4.98 Å². The molecule has 2 heterocycles. The predicted octanol–water partition coefficient (Wildman–Crippen LogP) is 2.93. The van der Waals surface area contributed by atoms with Gasteiger partial charge in [0.2, 0.25) is 0 Å². The summed E-state index contributed by atoms with van der Waals surface area (Å²) in [5.74, 6) is 0. The van der Waals surface area contributed by atoms with Gasteiger partial charge in [-0.05, 0) is 54.5 Å². The van der Waals surface area contributed by atoms with Crippen LogP contribution in [0.3, 0.4) is 0 Å². The Morgan fingerprint density at radius 1 is 1.17 bits per heavy atom. The van der Waals surface area contributed by atoms with E-state index in [0.29, 0.717) is 0 Å². The first-order valence-electron chi connectivity index (χ1n) is 8.80. The fraction of sp³-hybridized carbons (Fsp3) is 0.722. The van der Waals surface area contributed by atoms with Crippen LogP contribution in [0.25, 0.3) is 0 Å². The lowest BCUT2D eigenvalue weighted by Gasteiger charge is -2.32. The van der Waals surface area contributed by atoms with E-state index in [9.17, 15) is 0 Å². The maximum absolute atomic E-state index is 6.25. The van der Waals surface area contributed by atoms with Crippen molar-refractivity contribution in [1.29, 1.82) is 0 Å². The third kappa shape index (κ3) is 3.46. The van der Waals surface area contributed by atoms with Gasteiger partial charge in [-0.2, -0.15) is 0 Å². The van der Waals surface area contributed by atoms with E-state index in [0.717, 1.165) is 29.9 Å². The Bertz CT molecular complexity index is 557. The first-order valence-corrected chi connectivity index (χ1v) is 8.80. The van der Waals surface area contributed by atoms with Crippen molar-refractivity contribution in [3.8, 4) is 0 Å². The van der Waals surface area contributed by atoms with Gasteiger partial charge in [0, 0.05) is 25.7 Å². The van der Waals surface area contributed by atoms with Crippen molar-refractivity contribution in [2.45, 2.75) is 65.8 Å². The normalized spacial score (nSPS) is 20.2. The molecule has 0 bridgehead atoms. The number of methoxy groups -OCH3 is 1. The van der Waals surface area contributed by atoms with Crippen LogP contribution in [0.5, 0.6) is 0 Å². The van der Waals surface area contributed by atoms with Crippen molar-refractivity contribution < 1.29 is 14.0 Å². The molecule has 1 atom stereocenters. The summed E-state index contributed by atoms with van der Waals surface area (Å²) in [4.78, 5) is 6.95. The number of anilines is 1. The molecular formula is C18H31BN2O3. The van der Waals surface area contributed by atoms with Gasteiger partial charge in [-0.15, -0.1) is 0 Å². The van der Waals surface area contributed by atoms with Gasteiger partial charge in [-0.25, -0.2) is 0 Å². The molecule has 0 N–H and O–H groups in total. The van der Waals surface area contributed by atoms with Crippen molar-refractivity contribution in [3.63, 3.8) is 0 Å². The number of nitrogens with zero attached hydrogens (tertiary/aromatic N) is 2. The minimum absolute atomic E-state index is 0.121. The van der Waals surface area contributed by atoms with Crippen LogP contribution in [0.15, 0.2) is 12.3 Å². The molecule has 0 aliphatic carbocycles. The van der Waals surface area contributed by atoms with Crippen molar-refractivity contribution in [2.75, 3.05) is 25.1 Å². The van der Waals surface area contributed by atoms with Gasteiger partial charge in [-0.1, -0.05) is 0 Å². The van der Waals surface area contributed by atoms with Crippen LogP contribution in [-0.4, -0.2) is 43.5 Å². The average Bonchev–Trinajstić information content (AvgIpc) is 2.75. The summed E-state index contributed by atoms with van der Waals surface area (Å²) in [7, 11) is 1.25. The number of hydrogen-bond acceptors (Lipinski definition) is 5. The fourth-order valence-corrected chi connectivity index (χ4v) is 2.85. The zero-order chi connectivity index (χ0) is 18.1. The Morgan fingerprint density at radius 3 is 2.17 bits per heavy atom. The zero-order valence-electron chi connectivity index (χ0n) is 16.3. The lowest BCUT2D eigenvalue weighted by atomic mass is 9.76. The summed E-state index contributed by atoms with van der Waals surface area (Å²) >= 11 is 0. The smallest absolute Gasteiger partial charge is 0.399 e.